The summed E-state index contributed by atoms with van der Waals surface area (Å²) in [6, 6.07) is 19.0. The van der Waals surface area contributed by atoms with Crippen molar-refractivity contribution in [2.75, 3.05) is 19.6 Å². The maximum Gasteiger partial charge on any atom is 0.229 e. The molecule has 3 unspecified atom stereocenters. The Bertz CT molecular complexity index is 731. The molecule has 1 amide bonds. The van der Waals surface area contributed by atoms with Gasteiger partial charge in [-0.05, 0) is 29.7 Å². The Labute approximate surface area is 149 Å². The smallest absolute Gasteiger partial charge is 0.229 e. The predicted molar refractivity (Wildman–Crippen MR) is 99.5 cm³/mol. The quantitative estimate of drug-likeness (QED) is 0.805. The van der Waals surface area contributed by atoms with Crippen molar-refractivity contribution >= 4 is 5.91 Å². The monoisotopic (exact) mass is 335 g/mol. The van der Waals surface area contributed by atoms with Gasteiger partial charge in [0.2, 0.25) is 5.91 Å². The Morgan fingerprint density at radius 2 is 1.76 bits per heavy atom. The van der Waals surface area contributed by atoms with Crippen molar-refractivity contribution in [2.24, 2.45) is 0 Å². The van der Waals surface area contributed by atoms with Crippen molar-refractivity contribution in [2.45, 2.75) is 30.8 Å². The maximum absolute atomic E-state index is 13.0. The van der Waals surface area contributed by atoms with Gasteiger partial charge in [0.1, 0.15) is 0 Å². The van der Waals surface area contributed by atoms with E-state index >= 15 is 0 Å². The number of carbonyl (C=O) groups is 1. The summed E-state index contributed by atoms with van der Waals surface area (Å²) in [5, 5.41) is 10.2. The van der Waals surface area contributed by atoms with E-state index in [0.29, 0.717) is 12.5 Å². The molecule has 1 saturated heterocycles. The predicted octanol–water partition coefficient (Wildman–Crippen LogP) is 2.14. The van der Waals surface area contributed by atoms with Crippen LogP contribution in [0.1, 0.15) is 34.9 Å². The highest BCUT2D eigenvalue weighted by Crippen LogP contribution is 2.27. The number of hydrogen-bond donors (Lipinski definition) is 3. The molecule has 0 saturated carbocycles. The number of amides is 1. The molecule has 4 rings (SSSR count). The SMILES string of the molecule is O=C(NC1CCNCC1c1ccccc1)C1CNCc2ccccc21. The standard InChI is InChI=1S/C21H25N3O/c25-21(19-14-23-12-16-8-4-5-9-17(16)19)24-20-10-11-22-13-18(20)15-6-2-1-3-7-15/h1-9,18-20,22-23H,10-14H2,(H,24,25). The van der Waals surface area contributed by atoms with Crippen molar-refractivity contribution in [1.82, 2.24) is 16.0 Å². The summed E-state index contributed by atoms with van der Waals surface area (Å²) in [7, 11) is 0. The van der Waals surface area contributed by atoms with Gasteiger partial charge in [0, 0.05) is 31.6 Å². The molecule has 0 aliphatic carbocycles. The van der Waals surface area contributed by atoms with Gasteiger partial charge in [0.25, 0.3) is 0 Å². The van der Waals surface area contributed by atoms with E-state index in [9.17, 15) is 4.79 Å². The van der Waals surface area contributed by atoms with Crippen LogP contribution in [0.25, 0.3) is 0 Å². The lowest BCUT2D eigenvalue weighted by Crippen LogP contribution is -2.50. The van der Waals surface area contributed by atoms with Crippen molar-refractivity contribution in [3.05, 3.63) is 71.3 Å². The molecular formula is C21H25N3O. The van der Waals surface area contributed by atoms with E-state index in [1.165, 1.54) is 16.7 Å². The first-order valence-electron chi connectivity index (χ1n) is 9.17. The summed E-state index contributed by atoms with van der Waals surface area (Å²) in [6.45, 7) is 3.42. The van der Waals surface area contributed by atoms with Gasteiger partial charge in [0.05, 0.1) is 5.92 Å². The van der Waals surface area contributed by atoms with Crippen LogP contribution in [0.5, 0.6) is 0 Å². The first kappa shape index (κ1) is 16.3. The summed E-state index contributed by atoms with van der Waals surface area (Å²) in [5.41, 5.74) is 3.70. The summed E-state index contributed by atoms with van der Waals surface area (Å²) in [6.07, 6.45) is 0.965. The number of carbonyl (C=O) groups excluding carboxylic acids is 1. The van der Waals surface area contributed by atoms with Crippen LogP contribution in [0.15, 0.2) is 54.6 Å². The van der Waals surface area contributed by atoms with Crippen LogP contribution in [0, 0.1) is 0 Å². The molecule has 0 bridgehead atoms. The minimum absolute atomic E-state index is 0.101. The van der Waals surface area contributed by atoms with Crippen LogP contribution in [0.3, 0.4) is 0 Å². The van der Waals surface area contributed by atoms with E-state index in [1.54, 1.807) is 0 Å². The van der Waals surface area contributed by atoms with Gasteiger partial charge in [-0.2, -0.15) is 0 Å². The van der Waals surface area contributed by atoms with Gasteiger partial charge in [-0.3, -0.25) is 4.79 Å². The second-order valence-electron chi connectivity index (χ2n) is 7.01. The number of fused-ring (bicyclic) bond motifs is 1. The van der Waals surface area contributed by atoms with Crippen LogP contribution >= 0.6 is 0 Å². The maximum atomic E-state index is 13.0. The van der Waals surface area contributed by atoms with E-state index in [1.807, 2.05) is 18.2 Å². The number of piperidine rings is 1. The minimum atomic E-state index is -0.101. The molecule has 1 fully saturated rings. The van der Waals surface area contributed by atoms with E-state index in [-0.39, 0.29) is 17.9 Å². The van der Waals surface area contributed by atoms with Gasteiger partial charge >= 0.3 is 0 Å². The van der Waals surface area contributed by atoms with Crippen LogP contribution in [-0.2, 0) is 11.3 Å². The van der Waals surface area contributed by atoms with Gasteiger partial charge in [-0.15, -0.1) is 0 Å². The lowest BCUT2D eigenvalue weighted by molar-refractivity contribution is -0.123. The Balaban J connectivity index is 1.52. The van der Waals surface area contributed by atoms with Crippen LogP contribution in [0.2, 0.25) is 0 Å². The highest BCUT2D eigenvalue weighted by Gasteiger charge is 2.32. The topological polar surface area (TPSA) is 53.2 Å². The molecular weight excluding hydrogens is 310 g/mol. The zero-order chi connectivity index (χ0) is 17.1. The van der Waals surface area contributed by atoms with Gasteiger partial charge in [0.15, 0.2) is 0 Å². The molecule has 2 aliphatic heterocycles. The molecule has 0 spiro atoms. The highest BCUT2D eigenvalue weighted by molar-refractivity contribution is 5.85. The molecule has 3 atom stereocenters. The van der Waals surface area contributed by atoms with Crippen molar-refractivity contribution in [1.29, 1.82) is 0 Å². The zero-order valence-corrected chi connectivity index (χ0v) is 14.4. The molecule has 25 heavy (non-hydrogen) atoms. The van der Waals surface area contributed by atoms with E-state index < -0.39 is 0 Å². The van der Waals surface area contributed by atoms with Crippen LogP contribution in [0.4, 0.5) is 0 Å². The fourth-order valence-corrected chi connectivity index (χ4v) is 4.10. The molecule has 2 heterocycles. The van der Waals surface area contributed by atoms with Gasteiger partial charge in [-0.1, -0.05) is 54.6 Å². The lowest BCUT2D eigenvalue weighted by Gasteiger charge is -2.35. The number of rotatable bonds is 3. The summed E-state index contributed by atoms with van der Waals surface area (Å²) in [4.78, 5) is 13.0. The average molecular weight is 335 g/mol. The highest BCUT2D eigenvalue weighted by atomic mass is 16.2. The third kappa shape index (κ3) is 3.46. The summed E-state index contributed by atoms with van der Waals surface area (Å²) < 4.78 is 0. The average Bonchev–Trinajstić information content (AvgIpc) is 2.68. The lowest BCUT2D eigenvalue weighted by atomic mass is 9.85. The molecule has 130 valence electrons. The fraction of sp³-hybridized carbons (Fsp3) is 0.381. The second kappa shape index (κ2) is 7.38. The second-order valence-corrected chi connectivity index (χ2v) is 7.01. The van der Waals surface area contributed by atoms with E-state index in [4.69, 9.17) is 0 Å². The molecule has 4 heteroatoms. The zero-order valence-electron chi connectivity index (χ0n) is 14.4. The Kier molecular flexibility index (Phi) is 4.81. The third-order valence-corrected chi connectivity index (χ3v) is 5.45. The van der Waals surface area contributed by atoms with Gasteiger partial charge in [-0.25, -0.2) is 0 Å². The largest absolute Gasteiger partial charge is 0.352 e. The Hall–Kier alpha value is -2.17. The molecule has 4 nitrogen and oxygen atoms in total. The molecule has 0 aromatic heterocycles. The first-order chi connectivity index (χ1) is 12.3. The van der Waals surface area contributed by atoms with Crippen LogP contribution in [-0.4, -0.2) is 31.6 Å². The van der Waals surface area contributed by atoms with Gasteiger partial charge < -0.3 is 16.0 Å². The van der Waals surface area contributed by atoms with E-state index in [2.05, 4.69) is 52.3 Å². The molecule has 2 aliphatic rings. The van der Waals surface area contributed by atoms with Crippen molar-refractivity contribution in [3.8, 4) is 0 Å². The summed E-state index contributed by atoms with van der Waals surface area (Å²) >= 11 is 0. The number of hydrogen-bond acceptors (Lipinski definition) is 3. The molecule has 3 N–H and O–H groups in total. The minimum Gasteiger partial charge on any atom is -0.352 e. The fourth-order valence-electron chi connectivity index (χ4n) is 4.10. The number of benzene rings is 2. The van der Waals surface area contributed by atoms with E-state index in [0.717, 1.165) is 26.1 Å². The Morgan fingerprint density at radius 1 is 0.960 bits per heavy atom. The molecule has 0 radical (unpaired) electrons. The summed E-state index contributed by atoms with van der Waals surface area (Å²) in [5.74, 6) is 0.370. The first-order valence-corrected chi connectivity index (χ1v) is 9.17. The Morgan fingerprint density at radius 3 is 2.64 bits per heavy atom. The van der Waals surface area contributed by atoms with Crippen molar-refractivity contribution in [3.63, 3.8) is 0 Å². The molecule has 2 aromatic carbocycles. The normalized spacial score (nSPS) is 25.8. The molecule has 2 aromatic rings. The van der Waals surface area contributed by atoms with Crippen LogP contribution < -0.4 is 16.0 Å². The number of nitrogens with one attached hydrogen (secondary N) is 3. The third-order valence-electron chi connectivity index (χ3n) is 5.45. The van der Waals surface area contributed by atoms with Crippen molar-refractivity contribution < 1.29 is 4.79 Å².